The molecule has 0 saturated carbocycles. The third-order valence-electron chi connectivity index (χ3n) is 3.90. The van der Waals surface area contributed by atoms with E-state index >= 15 is 0 Å². The van der Waals surface area contributed by atoms with Gasteiger partial charge in [-0.3, -0.25) is 4.79 Å². The molecule has 0 aliphatic carbocycles. The lowest BCUT2D eigenvalue weighted by Crippen LogP contribution is -2.34. The van der Waals surface area contributed by atoms with E-state index in [-0.39, 0.29) is 5.97 Å². The van der Waals surface area contributed by atoms with Crippen LogP contribution >= 0.6 is 0 Å². The van der Waals surface area contributed by atoms with Gasteiger partial charge in [-0.05, 0) is 56.7 Å². The summed E-state index contributed by atoms with van der Waals surface area (Å²) in [5.74, 6) is 0.461. The lowest BCUT2D eigenvalue weighted by atomic mass is 10.1. The van der Waals surface area contributed by atoms with Gasteiger partial charge in [0.05, 0.1) is 13.7 Å². The number of hydrogen-bond acceptors (Lipinski definition) is 4. The smallest absolute Gasteiger partial charge is 0.323 e. The third-order valence-corrected chi connectivity index (χ3v) is 3.90. The van der Waals surface area contributed by atoms with E-state index in [1.54, 1.807) is 14.0 Å². The molecule has 5 nitrogen and oxygen atoms in total. The van der Waals surface area contributed by atoms with Crippen LogP contribution in [0.15, 0.2) is 30.3 Å². The van der Waals surface area contributed by atoms with Crippen molar-refractivity contribution in [2.45, 2.75) is 33.2 Å². The Labute approximate surface area is 137 Å². The number of hydrogen-bond donors (Lipinski definition) is 1. The Kier molecular flexibility index (Phi) is 5.45. The summed E-state index contributed by atoms with van der Waals surface area (Å²) in [4.78, 5) is 11.7. The minimum Gasteiger partial charge on any atom is -0.497 e. The Bertz CT molecular complexity index is 674. The lowest BCUT2D eigenvalue weighted by Gasteiger charge is -2.12. The lowest BCUT2D eigenvalue weighted by molar-refractivity contribution is -0.144. The summed E-state index contributed by atoms with van der Waals surface area (Å²) >= 11 is 0. The monoisotopic (exact) mass is 316 g/mol. The molecule has 1 heterocycles. The zero-order valence-corrected chi connectivity index (χ0v) is 14.1. The fourth-order valence-corrected chi connectivity index (χ4v) is 2.73. The van der Waals surface area contributed by atoms with Crippen molar-refractivity contribution < 1.29 is 14.3 Å². The number of aromatic nitrogens is 1. The first-order valence-electron chi connectivity index (χ1n) is 7.72. The SMILES string of the molecule is CCOC(=O)C(N)Cc1cc(C)n(-c2ccc(OC)cc2)c1C. The molecule has 1 unspecified atom stereocenters. The molecule has 0 bridgehead atoms. The van der Waals surface area contributed by atoms with Crippen LogP contribution in [0, 0.1) is 13.8 Å². The van der Waals surface area contributed by atoms with Gasteiger partial charge in [0.2, 0.25) is 0 Å². The molecule has 2 rings (SSSR count). The second-order valence-electron chi connectivity index (χ2n) is 5.49. The van der Waals surface area contributed by atoms with Crippen LogP contribution in [0.4, 0.5) is 0 Å². The number of carbonyl (C=O) groups excluding carboxylic acids is 1. The van der Waals surface area contributed by atoms with Gasteiger partial charge in [-0.25, -0.2) is 0 Å². The summed E-state index contributed by atoms with van der Waals surface area (Å²) in [6.45, 7) is 6.19. The number of esters is 1. The highest BCUT2D eigenvalue weighted by atomic mass is 16.5. The van der Waals surface area contributed by atoms with Crippen LogP contribution in [-0.2, 0) is 16.0 Å². The van der Waals surface area contributed by atoms with Crippen LogP contribution in [0.1, 0.15) is 23.9 Å². The zero-order valence-electron chi connectivity index (χ0n) is 14.1. The van der Waals surface area contributed by atoms with Gasteiger partial charge in [-0.15, -0.1) is 0 Å². The number of rotatable bonds is 6. The predicted octanol–water partition coefficient (Wildman–Crippen LogP) is 2.54. The number of carbonyl (C=O) groups is 1. The average molecular weight is 316 g/mol. The highest BCUT2D eigenvalue weighted by Gasteiger charge is 2.19. The molecule has 0 fully saturated rings. The molecule has 1 atom stereocenters. The normalized spacial score (nSPS) is 12.0. The van der Waals surface area contributed by atoms with E-state index in [9.17, 15) is 4.79 Å². The van der Waals surface area contributed by atoms with Crippen molar-refractivity contribution in [3.63, 3.8) is 0 Å². The molecule has 124 valence electrons. The summed E-state index contributed by atoms with van der Waals surface area (Å²) in [6.07, 6.45) is 0.467. The van der Waals surface area contributed by atoms with Gasteiger partial charge in [0.1, 0.15) is 11.8 Å². The fraction of sp³-hybridized carbons (Fsp3) is 0.389. The minimum atomic E-state index is -0.639. The van der Waals surface area contributed by atoms with Gasteiger partial charge in [0.25, 0.3) is 0 Å². The Morgan fingerprint density at radius 3 is 2.48 bits per heavy atom. The molecule has 2 N–H and O–H groups in total. The first-order chi connectivity index (χ1) is 11.0. The maximum atomic E-state index is 11.7. The fourth-order valence-electron chi connectivity index (χ4n) is 2.73. The Balaban J connectivity index is 2.26. The van der Waals surface area contributed by atoms with Crippen molar-refractivity contribution in [2.75, 3.05) is 13.7 Å². The second-order valence-corrected chi connectivity index (χ2v) is 5.49. The van der Waals surface area contributed by atoms with Gasteiger partial charge < -0.3 is 19.8 Å². The van der Waals surface area contributed by atoms with Gasteiger partial charge in [0, 0.05) is 23.5 Å². The molecule has 0 spiro atoms. The summed E-state index contributed by atoms with van der Waals surface area (Å²) < 4.78 is 12.3. The Morgan fingerprint density at radius 2 is 1.91 bits per heavy atom. The maximum absolute atomic E-state index is 11.7. The van der Waals surface area contributed by atoms with Crippen molar-refractivity contribution in [3.8, 4) is 11.4 Å². The largest absolute Gasteiger partial charge is 0.497 e. The molecular formula is C18H24N2O3. The summed E-state index contributed by atoms with van der Waals surface area (Å²) in [7, 11) is 1.65. The maximum Gasteiger partial charge on any atom is 0.323 e. The van der Waals surface area contributed by atoms with E-state index in [2.05, 4.69) is 10.6 Å². The topological polar surface area (TPSA) is 66.5 Å². The summed E-state index contributed by atoms with van der Waals surface area (Å²) in [5, 5.41) is 0. The number of benzene rings is 1. The van der Waals surface area contributed by atoms with E-state index in [1.807, 2.05) is 38.1 Å². The summed E-state index contributed by atoms with van der Waals surface area (Å²) in [6, 6.07) is 9.30. The van der Waals surface area contributed by atoms with Crippen LogP contribution in [0.3, 0.4) is 0 Å². The van der Waals surface area contributed by atoms with E-state index in [1.165, 1.54) is 0 Å². The average Bonchev–Trinajstić information content (AvgIpc) is 2.81. The first-order valence-corrected chi connectivity index (χ1v) is 7.72. The van der Waals surface area contributed by atoms with Crippen LogP contribution in [0.5, 0.6) is 5.75 Å². The standard InChI is InChI=1S/C18H24N2O3/c1-5-23-18(21)17(19)11-14-10-12(2)20(13(14)3)15-6-8-16(22-4)9-7-15/h6-10,17H,5,11,19H2,1-4H3. The van der Waals surface area contributed by atoms with Gasteiger partial charge >= 0.3 is 5.97 Å². The molecule has 0 amide bonds. The number of methoxy groups -OCH3 is 1. The number of nitrogens with two attached hydrogens (primary N) is 1. The minimum absolute atomic E-state index is 0.345. The van der Waals surface area contributed by atoms with E-state index in [0.717, 1.165) is 28.4 Å². The molecule has 0 aliphatic heterocycles. The molecule has 5 heteroatoms. The van der Waals surface area contributed by atoms with E-state index < -0.39 is 6.04 Å². The van der Waals surface area contributed by atoms with Crippen LogP contribution in [0.2, 0.25) is 0 Å². The van der Waals surface area contributed by atoms with Crippen LogP contribution in [-0.4, -0.2) is 30.3 Å². The molecular weight excluding hydrogens is 292 g/mol. The molecule has 0 saturated heterocycles. The first kappa shape index (κ1) is 17.1. The highest BCUT2D eigenvalue weighted by Crippen LogP contribution is 2.23. The van der Waals surface area contributed by atoms with Crippen molar-refractivity contribution in [1.82, 2.24) is 4.57 Å². The molecule has 1 aromatic heterocycles. The van der Waals surface area contributed by atoms with E-state index in [0.29, 0.717) is 13.0 Å². The van der Waals surface area contributed by atoms with Crippen LogP contribution < -0.4 is 10.5 Å². The van der Waals surface area contributed by atoms with Gasteiger partial charge in [-0.2, -0.15) is 0 Å². The predicted molar refractivity (Wildman–Crippen MR) is 90.1 cm³/mol. The molecule has 2 aromatic rings. The van der Waals surface area contributed by atoms with Crippen LogP contribution in [0.25, 0.3) is 5.69 Å². The van der Waals surface area contributed by atoms with Gasteiger partial charge in [0.15, 0.2) is 0 Å². The third kappa shape index (κ3) is 3.74. The zero-order chi connectivity index (χ0) is 17.0. The highest BCUT2D eigenvalue weighted by molar-refractivity contribution is 5.76. The van der Waals surface area contributed by atoms with Crippen molar-refractivity contribution in [2.24, 2.45) is 5.73 Å². The molecule has 0 aliphatic rings. The van der Waals surface area contributed by atoms with Crippen molar-refractivity contribution in [1.29, 1.82) is 0 Å². The quantitative estimate of drug-likeness (QED) is 0.832. The molecule has 1 aromatic carbocycles. The summed E-state index contributed by atoms with van der Waals surface area (Å²) in [5.41, 5.74) is 10.2. The Hall–Kier alpha value is -2.27. The second kappa shape index (κ2) is 7.33. The number of ether oxygens (including phenoxy) is 2. The molecule has 23 heavy (non-hydrogen) atoms. The van der Waals surface area contributed by atoms with Crippen molar-refractivity contribution in [3.05, 3.63) is 47.3 Å². The van der Waals surface area contributed by atoms with Crippen molar-refractivity contribution >= 4 is 5.97 Å². The molecule has 0 radical (unpaired) electrons. The van der Waals surface area contributed by atoms with Gasteiger partial charge in [-0.1, -0.05) is 0 Å². The number of aryl methyl sites for hydroxylation is 1. The number of nitrogens with zero attached hydrogens (tertiary/aromatic N) is 1. The van der Waals surface area contributed by atoms with E-state index in [4.69, 9.17) is 15.2 Å². The Morgan fingerprint density at radius 1 is 1.26 bits per heavy atom.